The average Bonchev–Trinajstić information content (AvgIpc) is 3.06. The first kappa shape index (κ1) is 23.1. The predicted octanol–water partition coefficient (Wildman–Crippen LogP) is 3.96. The van der Waals surface area contributed by atoms with E-state index in [0.717, 1.165) is 27.8 Å². The van der Waals surface area contributed by atoms with E-state index in [-0.39, 0.29) is 30.1 Å². The van der Waals surface area contributed by atoms with E-state index in [2.05, 4.69) is 5.32 Å². The Morgan fingerprint density at radius 3 is 2.59 bits per heavy atom. The molecule has 1 aliphatic rings. The second kappa shape index (κ2) is 11.2. The Bertz CT molecular complexity index is 1050. The maximum absolute atomic E-state index is 12.7. The lowest BCUT2D eigenvalue weighted by atomic mass is 10.2. The van der Waals surface area contributed by atoms with Crippen LogP contribution < -0.4 is 14.8 Å². The van der Waals surface area contributed by atoms with Gasteiger partial charge in [-0.2, -0.15) is 0 Å². The Kier molecular flexibility index (Phi) is 8.10. The summed E-state index contributed by atoms with van der Waals surface area (Å²) in [4.78, 5) is 38.4. The third kappa shape index (κ3) is 6.01. The molecule has 1 heterocycles. The minimum atomic E-state index is -0.387. The van der Waals surface area contributed by atoms with Crippen LogP contribution in [0.4, 0.5) is 4.79 Å². The number of hydrogen-bond donors (Lipinski definition) is 1. The molecule has 1 aliphatic heterocycles. The summed E-state index contributed by atoms with van der Waals surface area (Å²) in [6.45, 7) is 2.65. The summed E-state index contributed by atoms with van der Waals surface area (Å²) in [6, 6.07) is 14.7. The first-order valence-electron chi connectivity index (χ1n) is 10.1. The molecule has 8 heteroatoms. The lowest BCUT2D eigenvalue weighted by Gasteiger charge is -2.12. The number of hydrogen-bond acceptors (Lipinski definition) is 6. The van der Waals surface area contributed by atoms with Gasteiger partial charge >= 0.3 is 0 Å². The van der Waals surface area contributed by atoms with Crippen LogP contribution in [0.5, 0.6) is 11.5 Å². The summed E-state index contributed by atoms with van der Waals surface area (Å²) in [5, 5.41) is 2.32. The van der Waals surface area contributed by atoms with E-state index in [4.69, 9.17) is 9.47 Å². The van der Waals surface area contributed by atoms with Gasteiger partial charge in [-0.1, -0.05) is 36.4 Å². The third-order valence-electron chi connectivity index (χ3n) is 4.52. The maximum Gasteiger partial charge on any atom is 0.293 e. The van der Waals surface area contributed by atoms with Crippen molar-refractivity contribution in [1.82, 2.24) is 10.2 Å². The fraction of sp³-hybridized carbons (Fsp3) is 0.208. The minimum Gasteiger partial charge on any atom is -0.493 e. The molecular weight excluding hydrogens is 428 g/mol. The molecule has 1 N–H and O–H groups in total. The summed E-state index contributed by atoms with van der Waals surface area (Å²) >= 11 is 0.871. The standard InChI is InChI=1S/C24H24N2O5S/c1-3-31-19-11-9-18(15-20(19)30-2)16-21-23(28)26(24(29)32-21)14-13-25-22(27)12-10-17-7-5-4-6-8-17/h4-12,15-16H,3,13-14H2,1-2H3,(H,25,27). The molecule has 1 fully saturated rings. The lowest BCUT2D eigenvalue weighted by Crippen LogP contribution is -2.36. The highest BCUT2D eigenvalue weighted by Gasteiger charge is 2.34. The molecule has 0 atom stereocenters. The summed E-state index contributed by atoms with van der Waals surface area (Å²) in [7, 11) is 1.54. The number of thioether (sulfide) groups is 1. The van der Waals surface area contributed by atoms with Crippen molar-refractivity contribution in [1.29, 1.82) is 0 Å². The number of carbonyl (C=O) groups excluding carboxylic acids is 3. The zero-order valence-corrected chi connectivity index (χ0v) is 18.7. The van der Waals surface area contributed by atoms with Crippen molar-refractivity contribution in [3.05, 3.63) is 70.6 Å². The molecule has 0 saturated carbocycles. The summed E-state index contributed by atoms with van der Waals surface area (Å²) in [5.41, 5.74) is 1.62. The van der Waals surface area contributed by atoms with Crippen LogP contribution in [0.15, 0.2) is 59.5 Å². The first-order chi connectivity index (χ1) is 15.5. The Balaban J connectivity index is 1.57. The fourth-order valence-corrected chi connectivity index (χ4v) is 3.84. The van der Waals surface area contributed by atoms with E-state index in [1.165, 1.54) is 6.08 Å². The smallest absolute Gasteiger partial charge is 0.293 e. The van der Waals surface area contributed by atoms with E-state index in [1.807, 2.05) is 37.3 Å². The molecule has 0 aromatic heterocycles. The van der Waals surface area contributed by atoms with Crippen molar-refractivity contribution in [2.24, 2.45) is 0 Å². The number of benzene rings is 2. The molecule has 166 valence electrons. The second-order valence-corrected chi connectivity index (χ2v) is 7.70. The summed E-state index contributed by atoms with van der Waals surface area (Å²) in [6.07, 6.45) is 4.76. The van der Waals surface area contributed by atoms with Crippen molar-refractivity contribution in [3.63, 3.8) is 0 Å². The van der Waals surface area contributed by atoms with Gasteiger partial charge in [-0.15, -0.1) is 0 Å². The van der Waals surface area contributed by atoms with E-state index in [0.29, 0.717) is 23.0 Å². The number of imide groups is 1. The molecule has 1 saturated heterocycles. The van der Waals surface area contributed by atoms with Crippen molar-refractivity contribution in [2.75, 3.05) is 26.8 Å². The minimum absolute atomic E-state index is 0.0967. The van der Waals surface area contributed by atoms with Crippen LogP contribution in [-0.4, -0.2) is 48.8 Å². The van der Waals surface area contributed by atoms with Crippen molar-refractivity contribution in [3.8, 4) is 11.5 Å². The molecule has 32 heavy (non-hydrogen) atoms. The van der Waals surface area contributed by atoms with Gasteiger partial charge < -0.3 is 14.8 Å². The van der Waals surface area contributed by atoms with Crippen molar-refractivity contribution < 1.29 is 23.9 Å². The number of amides is 3. The molecule has 0 bridgehead atoms. The van der Waals surface area contributed by atoms with Crippen LogP contribution in [0.1, 0.15) is 18.1 Å². The van der Waals surface area contributed by atoms with E-state index >= 15 is 0 Å². The number of ether oxygens (including phenoxy) is 2. The highest BCUT2D eigenvalue weighted by Crippen LogP contribution is 2.34. The third-order valence-corrected chi connectivity index (χ3v) is 5.43. The monoisotopic (exact) mass is 452 g/mol. The Morgan fingerprint density at radius 1 is 1.09 bits per heavy atom. The van der Waals surface area contributed by atoms with Crippen molar-refractivity contribution >= 4 is 41.0 Å². The average molecular weight is 453 g/mol. The van der Waals surface area contributed by atoms with Crippen LogP contribution in [0.3, 0.4) is 0 Å². The van der Waals surface area contributed by atoms with Gasteiger partial charge in [0, 0.05) is 19.2 Å². The van der Waals surface area contributed by atoms with E-state index < -0.39 is 0 Å². The lowest BCUT2D eigenvalue weighted by molar-refractivity contribution is -0.123. The normalized spacial score (nSPS) is 14.9. The SMILES string of the molecule is CCOc1ccc(C=C2SC(=O)N(CCNC(=O)C=Cc3ccccc3)C2=O)cc1OC. The summed E-state index contributed by atoms with van der Waals surface area (Å²) < 4.78 is 10.8. The Labute approximate surface area is 191 Å². The van der Waals surface area contributed by atoms with Gasteiger partial charge in [-0.25, -0.2) is 0 Å². The van der Waals surface area contributed by atoms with Gasteiger partial charge in [0.1, 0.15) is 0 Å². The van der Waals surface area contributed by atoms with E-state index in [9.17, 15) is 14.4 Å². The number of carbonyl (C=O) groups is 3. The molecular formula is C24H24N2O5S. The van der Waals surface area contributed by atoms with Crippen LogP contribution in [0.25, 0.3) is 12.2 Å². The summed E-state index contributed by atoms with van der Waals surface area (Å²) in [5.74, 6) is 0.475. The molecule has 2 aromatic rings. The van der Waals surface area contributed by atoms with Crippen molar-refractivity contribution in [2.45, 2.75) is 6.92 Å². The Hall–Kier alpha value is -3.52. The zero-order chi connectivity index (χ0) is 22.9. The van der Waals surface area contributed by atoms with Crippen LogP contribution in [0, 0.1) is 0 Å². The molecule has 0 aliphatic carbocycles. The van der Waals surface area contributed by atoms with Gasteiger partial charge in [-0.05, 0) is 54.1 Å². The number of methoxy groups -OCH3 is 1. The first-order valence-corrected chi connectivity index (χ1v) is 10.9. The molecule has 3 rings (SSSR count). The number of nitrogens with zero attached hydrogens (tertiary/aromatic N) is 1. The molecule has 7 nitrogen and oxygen atoms in total. The van der Waals surface area contributed by atoms with Crippen LogP contribution in [-0.2, 0) is 9.59 Å². The number of rotatable bonds is 9. The molecule has 3 amide bonds. The second-order valence-electron chi connectivity index (χ2n) is 6.71. The fourth-order valence-electron chi connectivity index (χ4n) is 2.98. The van der Waals surface area contributed by atoms with Gasteiger partial charge in [-0.3, -0.25) is 19.3 Å². The highest BCUT2D eigenvalue weighted by molar-refractivity contribution is 8.18. The van der Waals surface area contributed by atoms with Gasteiger partial charge in [0.15, 0.2) is 11.5 Å². The van der Waals surface area contributed by atoms with Crippen LogP contribution in [0.2, 0.25) is 0 Å². The van der Waals surface area contributed by atoms with Gasteiger partial charge in [0.05, 0.1) is 18.6 Å². The highest BCUT2D eigenvalue weighted by atomic mass is 32.2. The zero-order valence-electron chi connectivity index (χ0n) is 17.9. The molecule has 0 spiro atoms. The predicted molar refractivity (Wildman–Crippen MR) is 125 cm³/mol. The molecule has 2 aromatic carbocycles. The molecule has 0 radical (unpaired) electrons. The van der Waals surface area contributed by atoms with Gasteiger partial charge in [0.2, 0.25) is 5.91 Å². The number of nitrogens with one attached hydrogen (secondary N) is 1. The maximum atomic E-state index is 12.7. The quantitative estimate of drug-likeness (QED) is 0.580. The molecule has 0 unspecified atom stereocenters. The van der Waals surface area contributed by atoms with Crippen LogP contribution >= 0.6 is 11.8 Å². The van der Waals surface area contributed by atoms with E-state index in [1.54, 1.807) is 37.5 Å². The Morgan fingerprint density at radius 2 is 1.88 bits per heavy atom. The largest absolute Gasteiger partial charge is 0.493 e. The van der Waals surface area contributed by atoms with Gasteiger partial charge in [0.25, 0.3) is 11.1 Å². The topological polar surface area (TPSA) is 84.9 Å².